The molecule has 0 bridgehead atoms. The molecule has 0 amide bonds. The Bertz CT molecular complexity index is 704. The third kappa shape index (κ3) is 2.39. The standard InChI is InChI=1S/C18H16N2S/c1-3-7-16-13(5-1)9-14-6-2-4-8-17(14)18(16)19-10-15-11-21-12-20-15/h1-8,11-12,18-19H,9-10H2. The highest BCUT2D eigenvalue weighted by molar-refractivity contribution is 7.07. The number of nitrogens with zero attached hydrogens (tertiary/aromatic N) is 1. The predicted octanol–water partition coefficient (Wildman–Crippen LogP) is 3.93. The van der Waals surface area contributed by atoms with E-state index >= 15 is 0 Å². The van der Waals surface area contributed by atoms with Crippen LogP contribution in [0.5, 0.6) is 0 Å². The Balaban J connectivity index is 1.71. The Morgan fingerprint density at radius 1 is 1.00 bits per heavy atom. The minimum Gasteiger partial charge on any atom is -0.301 e. The average Bonchev–Trinajstić information content (AvgIpc) is 3.05. The summed E-state index contributed by atoms with van der Waals surface area (Å²) in [5.41, 5.74) is 8.64. The summed E-state index contributed by atoms with van der Waals surface area (Å²) in [6.07, 6.45) is 1.03. The van der Waals surface area contributed by atoms with Crippen LogP contribution in [0.1, 0.15) is 34.0 Å². The van der Waals surface area contributed by atoms with Gasteiger partial charge in [0.05, 0.1) is 17.2 Å². The van der Waals surface area contributed by atoms with Crippen molar-refractivity contribution in [1.82, 2.24) is 10.3 Å². The van der Waals surface area contributed by atoms with Gasteiger partial charge in [-0.2, -0.15) is 0 Å². The minimum atomic E-state index is 0.257. The van der Waals surface area contributed by atoms with Crippen LogP contribution < -0.4 is 5.32 Å². The normalized spacial score (nSPS) is 13.7. The predicted molar refractivity (Wildman–Crippen MR) is 86.5 cm³/mol. The molecule has 0 fully saturated rings. The van der Waals surface area contributed by atoms with Crippen LogP contribution in [-0.4, -0.2) is 4.98 Å². The van der Waals surface area contributed by atoms with Crippen molar-refractivity contribution in [3.05, 3.63) is 87.4 Å². The van der Waals surface area contributed by atoms with Gasteiger partial charge in [0.25, 0.3) is 0 Å². The highest BCUT2D eigenvalue weighted by Crippen LogP contribution is 2.34. The summed E-state index contributed by atoms with van der Waals surface area (Å²) < 4.78 is 0. The molecule has 21 heavy (non-hydrogen) atoms. The van der Waals surface area contributed by atoms with Gasteiger partial charge in [-0.3, -0.25) is 0 Å². The fraction of sp³-hybridized carbons (Fsp3) is 0.167. The first-order valence-electron chi connectivity index (χ1n) is 7.18. The van der Waals surface area contributed by atoms with Gasteiger partial charge < -0.3 is 5.32 Å². The Morgan fingerprint density at radius 2 is 1.67 bits per heavy atom. The molecule has 1 N–H and O–H groups in total. The number of aromatic nitrogens is 1. The lowest BCUT2D eigenvalue weighted by molar-refractivity contribution is 0.583. The number of fused-ring (bicyclic) bond motifs is 2. The van der Waals surface area contributed by atoms with Gasteiger partial charge in [0.15, 0.2) is 0 Å². The SMILES string of the molecule is c1ccc2c(c1)Cc1ccccc1C2NCc1cscn1. The third-order valence-electron chi connectivity index (χ3n) is 4.08. The maximum absolute atomic E-state index is 4.37. The van der Waals surface area contributed by atoms with E-state index in [9.17, 15) is 0 Å². The van der Waals surface area contributed by atoms with E-state index in [2.05, 4.69) is 64.2 Å². The molecule has 0 atom stereocenters. The average molecular weight is 292 g/mol. The molecular formula is C18H16N2S. The van der Waals surface area contributed by atoms with E-state index in [4.69, 9.17) is 0 Å². The number of nitrogens with one attached hydrogen (secondary N) is 1. The van der Waals surface area contributed by atoms with Crippen molar-refractivity contribution in [2.24, 2.45) is 0 Å². The molecule has 0 spiro atoms. The van der Waals surface area contributed by atoms with Gasteiger partial charge in [-0.05, 0) is 28.7 Å². The van der Waals surface area contributed by atoms with Crippen LogP contribution in [0.25, 0.3) is 0 Å². The number of hydrogen-bond acceptors (Lipinski definition) is 3. The van der Waals surface area contributed by atoms with Gasteiger partial charge in [0.1, 0.15) is 0 Å². The summed E-state index contributed by atoms with van der Waals surface area (Å²) in [4.78, 5) is 4.37. The molecule has 1 heterocycles. The summed E-state index contributed by atoms with van der Waals surface area (Å²) >= 11 is 1.65. The zero-order valence-electron chi connectivity index (χ0n) is 11.6. The molecule has 0 radical (unpaired) electrons. The molecule has 3 heteroatoms. The highest BCUT2D eigenvalue weighted by Gasteiger charge is 2.24. The molecule has 1 aromatic heterocycles. The van der Waals surface area contributed by atoms with E-state index in [-0.39, 0.29) is 6.04 Å². The molecule has 2 aromatic carbocycles. The summed E-state index contributed by atoms with van der Waals surface area (Å²) in [6.45, 7) is 0.802. The van der Waals surface area contributed by atoms with Crippen molar-refractivity contribution < 1.29 is 0 Å². The smallest absolute Gasteiger partial charge is 0.0795 e. The third-order valence-corrected chi connectivity index (χ3v) is 4.72. The number of hydrogen-bond donors (Lipinski definition) is 1. The van der Waals surface area contributed by atoms with E-state index in [1.165, 1.54) is 22.3 Å². The fourth-order valence-electron chi connectivity index (χ4n) is 3.08. The maximum Gasteiger partial charge on any atom is 0.0795 e. The fourth-order valence-corrected chi connectivity index (χ4v) is 3.64. The van der Waals surface area contributed by atoms with Crippen LogP contribution in [0.2, 0.25) is 0 Å². The summed E-state index contributed by atoms with van der Waals surface area (Å²) in [5.74, 6) is 0. The van der Waals surface area contributed by atoms with Gasteiger partial charge in [-0.25, -0.2) is 4.98 Å². The summed E-state index contributed by atoms with van der Waals surface area (Å²) in [6, 6.07) is 17.7. The van der Waals surface area contributed by atoms with Gasteiger partial charge in [-0.1, -0.05) is 48.5 Å². The number of rotatable bonds is 3. The minimum absolute atomic E-state index is 0.257. The first-order chi connectivity index (χ1) is 10.4. The molecule has 3 aromatic rings. The Morgan fingerprint density at radius 3 is 2.29 bits per heavy atom. The maximum atomic E-state index is 4.37. The van der Waals surface area contributed by atoms with Crippen molar-refractivity contribution in [2.75, 3.05) is 0 Å². The lowest BCUT2D eigenvalue weighted by Crippen LogP contribution is -2.27. The summed E-state index contributed by atoms with van der Waals surface area (Å²) in [7, 11) is 0. The largest absolute Gasteiger partial charge is 0.301 e. The highest BCUT2D eigenvalue weighted by atomic mass is 32.1. The molecule has 0 aliphatic heterocycles. The molecule has 0 saturated heterocycles. The van der Waals surface area contributed by atoms with Crippen LogP contribution in [-0.2, 0) is 13.0 Å². The van der Waals surface area contributed by atoms with Crippen molar-refractivity contribution in [3.63, 3.8) is 0 Å². The van der Waals surface area contributed by atoms with Crippen LogP contribution in [0, 0.1) is 0 Å². The Kier molecular flexibility index (Phi) is 3.30. The first kappa shape index (κ1) is 12.7. The zero-order valence-corrected chi connectivity index (χ0v) is 12.4. The number of thiazole rings is 1. The van der Waals surface area contributed by atoms with Gasteiger partial charge in [0, 0.05) is 11.9 Å². The van der Waals surface area contributed by atoms with E-state index in [1.54, 1.807) is 11.3 Å². The molecule has 1 aliphatic carbocycles. The molecular weight excluding hydrogens is 276 g/mol. The molecule has 0 unspecified atom stereocenters. The Labute approximate surface area is 128 Å². The van der Waals surface area contributed by atoms with Crippen molar-refractivity contribution in [1.29, 1.82) is 0 Å². The molecule has 104 valence electrons. The second kappa shape index (κ2) is 5.43. The van der Waals surface area contributed by atoms with Gasteiger partial charge in [-0.15, -0.1) is 11.3 Å². The number of benzene rings is 2. The lowest BCUT2D eigenvalue weighted by atomic mass is 9.82. The second-order valence-corrected chi connectivity index (χ2v) is 6.09. The zero-order chi connectivity index (χ0) is 14.1. The first-order valence-corrected chi connectivity index (χ1v) is 8.12. The topological polar surface area (TPSA) is 24.9 Å². The van der Waals surface area contributed by atoms with Gasteiger partial charge in [0.2, 0.25) is 0 Å². The van der Waals surface area contributed by atoms with Crippen molar-refractivity contribution in [2.45, 2.75) is 19.0 Å². The van der Waals surface area contributed by atoms with E-state index < -0.39 is 0 Å². The monoisotopic (exact) mass is 292 g/mol. The van der Waals surface area contributed by atoms with Crippen molar-refractivity contribution >= 4 is 11.3 Å². The summed E-state index contributed by atoms with van der Waals surface area (Å²) in [5, 5.41) is 5.79. The quantitative estimate of drug-likeness (QED) is 0.791. The van der Waals surface area contributed by atoms with E-state index in [0.717, 1.165) is 18.7 Å². The van der Waals surface area contributed by atoms with Crippen molar-refractivity contribution in [3.8, 4) is 0 Å². The molecule has 4 rings (SSSR count). The van der Waals surface area contributed by atoms with Crippen LogP contribution in [0.3, 0.4) is 0 Å². The Hall–Kier alpha value is -1.97. The molecule has 2 nitrogen and oxygen atoms in total. The van der Waals surface area contributed by atoms with Crippen LogP contribution in [0.15, 0.2) is 59.4 Å². The second-order valence-electron chi connectivity index (χ2n) is 5.37. The lowest BCUT2D eigenvalue weighted by Gasteiger charge is -2.29. The van der Waals surface area contributed by atoms with Crippen LogP contribution in [0.4, 0.5) is 0 Å². The molecule has 0 saturated carbocycles. The van der Waals surface area contributed by atoms with Crippen LogP contribution >= 0.6 is 11.3 Å². The molecule has 1 aliphatic rings. The van der Waals surface area contributed by atoms with E-state index in [0.29, 0.717) is 0 Å². The van der Waals surface area contributed by atoms with Gasteiger partial charge >= 0.3 is 0 Å². The van der Waals surface area contributed by atoms with E-state index in [1.807, 2.05) is 5.51 Å².